The molecule has 0 unspecified atom stereocenters. The minimum atomic E-state index is -0.112. The zero-order chi connectivity index (χ0) is 17.4. The number of amides is 1. The van der Waals surface area contributed by atoms with E-state index in [0.29, 0.717) is 12.4 Å². The number of carbonyl (C=O) groups excluding carboxylic acids is 1. The van der Waals surface area contributed by atoms with Crippen LogP contribution in [0.2, 0.25) is 0 Å². The Kier molecular flexibility index (Phi) is 4.01. The summed E-state index contributed by atoms with van der Waals surface area (Å²) in [6.07, 6.45) is 3.16. The first kappa shape index (κ1) is 15.8. The largest absolute Gasteiger partial charge is 0.378 e. The maximum atomic E-state index is 12.4. The number of H-pyrrole nitrogens is 1. The number of hydrogen-bond acceptors (Lipinski definition) is 5. The quantitative estimate of drug-likeness (QED) is 0.672. The van der Waals surface area contributed by atoms with Crippen LogP contribution in [0.5, 0.6) is 0 Å². The van der Waals surface area contributed by atoms with E-state index in [1.807, 2.05) is 24.3 Å². The zero-order valence-electron chi connectivity index (χ0n) is 13.8. The highest BCUT2D eigenvalue weighted by Crippen LogP contribution is 2.34. The zero-order valence-corrected chi connectivity index (χ0v) is 14.6. The molecule has 1 aliphatic carbocycles. The van der Waals surface area contributed by atoms with Crippen molar-refractivity contribution in [2.75, 3.05) is 10.6 Å². The van der Waals surface area contributed by atoms with Crippen LogP contribution >= 0.6 is 11.3 Å². The predicted molar refractivity (Wildman–Crippen MR) is 100 cm³/mol. The maximum Gasteiger partial charge on any atom is 0.259 e. The van der Waals surface area contributed by atoms with E-state index in [-0.39, 0.29) is 11.5 Å². The van der Waals surface area contributed by atoms with Crippen molar-refractivity contribution in [3.8, 4) is 0 Å². The second-order valence-corrected chi connectivity index (χ2v) is 7.25. The highest BCUT2D eigenvalue weighted by Gasteiger charge is 2.20. The standard InChI is InChI=1S/C18H18N4O2S/c1-10(23)20-12-5-2-4-11(8-12)19-9-15-21-17(24)16-13-6-3-7-14(13)25-18(16)22-15/h2,4-5,8,19H,3,6-7,9H2,1H3,(H,20,23)(H,21,22,24). The van der Waals surface area contributed by atoms with Gasteiger partial charge in [-0.2, -0.15) is 0 Å². The van der Waals surface area contributed by atoms with E-state index in [0.717, 1.165) is 40.9 Å². The number of carbonyl (C=O) groups is 1. The Hall–Kier alpha value is -2.67. The number of benzene rings is 1. The second kappa shape index (κ2) is 6.33. The fourth-order valence-electron chi connectivity index (χ4n) is 3.23. The van der Waals surface area contributed by atoms with Gasteiger partial charge in [0.15, 0.2) is 0 Å². The fourth-order valence-corrected chi connectivity index (χ4v) is 4.51. The summed E-state index contributed by atoms with van der Waals surface area (Å²) >= 11 is 1.64. The van der Waals surface area contributed by atoms with E-state index in [2.05, 4.69) is 20.6 Å². The molecule has 128 valence electrons. The van der Waals surface area contributed by atoms with E-state index < -0.39 is 0 Å². The van der Waals surface area contributed by atoms with Crippen LogP contribution in [0.4, 0.5) is 11.4 Å². The summed E-state index contributed by atoms with van der Waals surface area (Å²) in [4.78, 5) is 33.2. The summed E-state index contributed by atoms with van der Waals surface area (Å²) < 4.78 is 0. The smallest absolute Gasteiger partial charge is 0.259 e. The lowest BCUT2D eigenvalue weighted by Crippen LogP contribution is -2.14. The van der Waals surface area contributed by atoms with Gasteiger partial charge >= 0.3 is 0 Å². The molecule has 2 aromatic heterocycles. The number of anilines is 2. The van der Waals surface area contributed by atoms with Crippen LogP contribution in [0.3, 0.4) is 0 Å². The van der Waals surface area contributed by atoms with Gasteiger partial charge in [0, 0.05) is 23.2 Å². The summed E-state index contributed by atoms with van der Waals surface area (Å²) in [6.45, 7) is 1.89. The Morgan fingerprint density at radius 3 is 3.00 bits per heavy atom. The molecule has 3 aromatic rings. The van der Waals surface area contributed by atoms with Gasteiger partial charge in [-0.05, 0) is 43.0 Å². The Balaban J connectivity index is 1.55. The van der Waals surface area contributed by atoms with Crippen LogP contribution in [0.1, 0.15) is 29.6 Å². The Bertz CT molecular complexity index is 1020. The molecular weight excluding hydrogens is 336 g/mol. The molecule has 0 radical (unpaired) electrons. The first-order valence-electron chi connectivity index (χ1n) is 8.25. The molecule has 7 heteroatoms. The molecule has 3 N–H and O–H groups in total. The van der Waals surface area contributed by atoms with Gasteiger partial charge in [0.1, 0.15) is 10.7 Å². The molecule has 0 saturated carbocycles. The number of aromatic nitrogens is 2. The lowest BCUT2D eigenvalue weighted by atomic mass is 10.2. The number of aromatic amines is 1. The normalized spacial score (nSPS) is 13.0. The molecule has 25 heavy (non-hydrogen) atoms. The molecule has 4 rings (SSSR count). The van der Waals surface area contributed by atoms with E-state index in [9.17, 15) is 9.59 Å². The maximum absolute atomic E-state index is 12.4. The summed E-state index contributed by atoms with van der Waals surface area (Å²) in [5, 5.41) is 6.76. The van der Waals surface area contributed by atoms with Crippen molar-refractivity contribution in [3.63, 3.8) is 0 Å². The van der Waals surface area contributed by atoms with Gasteiger partial charge in [0.25, 0.3) is 5.56 Å². The molecule has 1 aliphatic rings. The van der Waals surface area contributed by atoms with Crippen molar-refractivity contribution >= 4 is 38.8 Å². The van der Waals surface area contributed by atoms with Gasteiger partial charge in [-0.1, -0.05) is 6.07 Å². The van der Waals surface area contributed by atoms with Crippen LogP contribution in [0.15, 0.2) is 29.1 Å². The average molecular weight is 354 g/mol. The number of aryl methyl sites for hydroxylation is 2. The number of nitrogens with one attached hydrogen (secondary N) is 3. The minimum Gasteiger partial charge on any atom is -0.378 e. The molecule has 6 nitrogen and oxygen atoms in total. The monoisotopic (exact) mass is 354 g/mol. The molecule has 0 atom stereocenters. The summed E-state index contributed by atoms with van der Waals surface area (Å²) in [6, 6.07) is 7.43. The third kappa shape index (κ3) is 3.15. The first-order chi connectivity index (χ1) is 12.1. The Labute approximate surface area is 148 Å². The van der Waals surface area contributed by atoms with E-state index in [1.54, 1.807) is 11.3 Å². The van der Waals surface area contributed by atoms with Gasteiger partial charge in [-0.25, -0.2) is 4.98 Å². The third-order valence-corrected chi connectivity index (χ3v) is 5.45. The predicted octanol–water partition coefficient (Wildman–Crippen LogP) is 3.04. The number of nitrogens with zero attached hydrogens (tertiary/aromatic N) is 1. The molecular formula is C18H18N4O2S. The van der Waals surface area contributed by atoms with Crippen LogP contribution in [0.25, 0.3) is 10.2 Å². The molecule has 0 fully saturated rings. The fraction of sp³-hybridized carbons (Fsp3) is 0.278. The topological polar surface area (TPSA) is 86.9 Å². The van der Waals surface area contributed by atoms with E-state index in [4.69, 9.17) is 0 Å². The minimum absolute atomic E-state index is 0.0480. The van der Waals surface area contributed by atoms with E-state index in [1.165, 1.54) is 17.4 Å². The summed E-state index contributed by atoms with van der Waals surface area (Å²) in [5.74, 6) is 0.502. The van der Waals surface area contributed by atoms with Crippen LogP contribution in [0, 0.1) is 0 Å². The summed E-state index contributed by atoms with van der Waals surface area (Å²) in [5.41, 5.74) is 2.72. The molecule has 0 bridgehead atoms. The van der Waals surface area contributed by atoms with Crippen molar-refractivity contribution in [2.45, 2.75) is 32.7 Å². The van der Waals surface area contributed by atoms with Crippen molar-refractivity contribution in [1.82, 2.24) is 9.97 Å². The van der Waals surface area contributed by atoms with Gasteiger partial charge in [0.05, 0.1) is 11.9 Å². The van der Waals surface area contributed by atoms with Crippen LogP contribution in [-0.2, 0) is 24.2 Å². The first-order valence-corrected chi connectivity index (χ1v) is 9.07. The summed E-state index contributed by atoms with van der Waals surface area (Å²) in [7, 11) is 0. The van der Waals surface area contributed by atoms with Crippen LogP contribution < -0.4 is 16.2 Å². The molecule has 0 aliphatic heterocycles. The third-order valence-electron chi connectivity index (χ3n) is 4.27. The molecule has 0 saturated heterocycles. The Morgan fingerprint density at radius 2 is 2.16 bits per heavy atom. The van der Waals surface area contributed by atoms with Crippen molar-refractivity contribution in [3.05, 3.63) is 50.9 Å². The highest BCUT2D eigenvalue weighted by atomic mass is 32.1. The van der Waals surface area contributed by atoms with Gasteiger partial charge in [-0.15, -0.1) is 11.3 Å². The van der Waals surface area contributed by atoms with E-state index >= 15 is 0 Å². The van der Waals surface area contributed by atoms with Gasteiger partial charge in [0.2, 0.25) is 5.91 Å². The van der Waals surface area contributed by atoms with Gasteiger partial charge in [-0.3, -0.25) is 9.59 Å². The van der Waals surface area contributed by atoms with Crippen molar-refractivity contribution < 1.29 is 4.79 Å². The SMILES string of the molecule is CC(=O)Nc1cccc(NCc2nc3sc4c(c3c(=O)[nH]2)CCC4)c1. The highest BCUT2D eigenvalue weighted by molar-refractivity contribution is 7.18. The van der Waals surface area contributed by atoms with Crippen molar-refractivity contribution in [2.24, 2.45) is 0 Å². The Morgan fingerprint density at radius 1 is 1.32 bits per heavy atom. The number of fused-ring (bicyclic) bond motifs is 3. The lowest BCUT2D eigenvalue weighted by Gasteiger charge is -2.08. The van der Waals surface area contributed by atoms with Crippen molar-refractivity contribution in [1.29, 1.82) is 0 Å². The molecule has 0 spiro atoms. The molecule has 1 amide bonds. The molecule has 1 aromatic carbocycles. The number of thiophene rings is 1. The number of hydrogen-bond donors (Lipinski definition) is 3. The second-order valence-electron chi connectivity index (χ2n) is 6.17. The van der Waals surface area contributed by atoms with Gasteiger partial charge < -0.3 is 15.6 Å². The average Bonchev–Trinajstić information content (AvgIpc) is 3.13. The molecule has 2 heterocycles. The number of rotatable bonds is 4. The lowest BCUT2D eigenvalue weighted by molar-refractivity contribution is -0.114. The van der Waals surface area contributed by atoms with Crippen LogP contribution in [-0.4, -0.2) is 15.9 Å².